The van der Waals surface area contributed by atoms with Gasteiger partial charge in [-0.3, -0.25) is 9.59 Å². The number of rotatable bonds is 0. The van der Waals surface area contributed by atoms with E-state index >= 15 is 0 Å². The van der Waals surface area contributed by atoms with Gasteiger partial charge >= 0.3 is 0 Å². The molecule has 72 valence electrons. The highest BCUT2D eigenvalue weighted by Gasteiger charge is 2.60. The summed E-state index contributed by atoms with van der Waals surface area (Å²) in [6, 6.07) is 0. The maximum absolute atomic E-state index is 11.8. The zero-order valence-electron chi connectivity index (χ0n) is 8.52. The van der Waals surface area contributed by atoms with Gasteiger partial charge < -0.3 is 0 Å². The van der Waals surface area contributed by atoms with Gasteiger partial charge in [-0.15, -0.1) is 0 Å². The van der Waals surface area contributed by atoms with Crippen LogP contribution in [0.4, 0.5) is 0 Å². The smallest absolute Gasteiger partial charge is 0.146 e. The highest BCUT2D eigenvalue weighted by molar-refractivity contribution is 6.07. The van der Waals surface area contributed by atoms with Crippen molar-refractivity contribution in [3.63, 3.8) is 0 Å². The summed E-state index contributed by atoms with van der Waals surface area (Å²) in [6.45, 7) is 6.17. The van der Waals surface area contributed by atoms with Crippen molar-refractivity contribution in [3.8, 4) is 0 Å². The minimum Gasteiger partial charge on any atom is -0.299 e. The summed E-state index contributed by atoms with van der Waals surface area (Å²) in [5.74, 6) is 0.469. The number of ketones is 2. The number of hydrogen-bond acceptors (Lipinski definition) is 2. The van der Waals surface area contributed by atoms with Crippen molar-refractivity contribution in [2.45, 2.75) is 40.0 Å². The predicted octanol–water partition coefficient (Wildman–Crippen LogP) is 1.97. The Morgan fingerprint density at radius 2 is 1.85 bits per heavy atom. The number of carbonyl (C=O) groups excluding carboxylic acids is 2. The van der Waals surface area contributed by atoms with Gasteiger partial charge in [0.15, 0.2) is 0 Å². The van der Waals surface area contributed by atoms with Gasteiger partial charge in [-0.25, -0.2) is 0 Å². The lowest BCUT2D eigenvalue weighted by Crippen LogP contribution is -2.48. The van der Waals surface area contributed by atoms with Gasteiger partial charge in [0.2, 0.25) is 0 Å². The molecule has 2 nitrogen and oxygen atoms in total. The minimum atomic E-state index is -0.231. The van der Waals surface area contributed by atoms with Gasteiger partial charge in [0.05, 0.1) is 6.42 Å². The van der Waals surface area contributed by atoms with Crippen molar-refractivity contribution in [1.82, 2.24) is 0 Å². The molecule has 2 atom stereocenters. The fraction of sp³-hybridized carbons (Fsp3) is 0.818. The van der Waals surface area contributed by atoms with Gasteiger partial charge in [0.25, 0.3) is 0 Å². The molecule has 2 fully saturated rings. The molecule has 2 aliphatic rings. The highest BCUT2D eigenvalue weighted by atomic mass is 16.2. The standard InChI is InChI=1S/C11H16O2/c1-10(2)7-4-5-11(10,3)9(13)6-8(7)12/h7H,4-6H2,1-3H3/t7-,11-/m1/s1. The van der Waals surface area contributed by atoms with Gasteiger partial charge in [-0.05, 0) is 18.3 Å². The van der Waals surface area contributed by atoms with Gasteiger partial charge in [0.1, 0.15) is 11.6 Å². The first-order chi connectivity index (χ1) is 5.89. The largest absolute Gasteiger partial charge is 0.299 e. The van der Waals surface area contributed by atoms with Gasteiger partial charge in [0, 0.05) is 11.3 Å². The van der Waals surface area contributed by atoms with Crippen LogP contribution in [0.1, 0.15) is 40.0 Å². The van der Waals surface area contributed by atoms with Crippen molar-refractivity contribution < 1.29 is 9.59 Å². The molecular weight excluding hydrogens is 164 g/mol. The summed E-state index contributed by atoms with van der Waals surface area (Å²) in [7, 11) is 0. The summed E-state index contributed by atoms with van der Waals surface area (Å²) < 4.78 is 0. The van der Waals surface area contributed by atoms with Crippen molar-refractivity contribution >= 4 is 11.6 Å². The molecule has 0 saturated heterocycles. The third-order valence-corrected chi connectivity index (χ3v) is 4.57. The van der Waals surface area contributed by atoms with E-state index in [9.17, 15) is 9.59 Å². The summed E-state index contributed by atoms with van der Waals surface area (Å²) in [6.07, 6.45) is 1.99. The Kier molecular flexibility index (Phi) is 1.53. The van der Waals surface area contributed by atoms with E-state index in [0.717, 1.165) is 12.8 Å². The molecule has 0 radical (unpaired) electrons. The number of Topliss-reactive ketones (excluding diaryl/α,β-unsaturated/α-hetero) is 2. The van der Waals surface area contributed by atoms with Crippen LogP contribution in [-0.4, -0.2) is 11.6 Å². The lowest BCUT2D eigenvalue weighted by molar-refractivity contribution is -0.146. The van der Waals surface area contributed by atoms with Crippen LogP contribution < -0.4 is 0 Å². The second-order valence-corrected chi connectivity index (χ2v) is 5.21. The first-order valence-electron chi connectivity index (χ1n) is 4.95. The van der Waals surface area contributed by atoms with Gasteiger partial charge in [-0.1, -0.05) is 20.8 Å². The Bertz CT molecular complexity index is 290. The van der Waals surface area contributed by atoms with E-state index in [1.54, 1.807) is 0 Å². The maximum Gasteiger partial charge on any atom is 0.146 e. The predicted molar refractivity (Wildman–Crippen MR) is 49.2 cm³/mol. The first-order valence-corrected chi connectivity index (χ1v) is 4.95. The molecule has 0 amide bonds. The molecule has 2 aliphatic carbocycles. The lowest BCUT2D eigenvalue weighted by Gasteiger charge is -2.43. The molecule has 0 aliphatic heterocycles. The van der Waals surface area contributed by atoms with Crippen molar-refractivity contribution in [2.24, 2.45) is 16.7 Å². The molecule has 0 spiro atoms. The van der Waals surface area contributed by atoms with E-state index in [-0.39, 0.29) is 34.7 Å². The topological polar surface area (TPSA) is 34.1 Å². The van der Waals surface area contributed by atoms with Gasteiger partial charge in [-0.2, -0.15) is 0 Å². The molecule has 0 aromatic carbocycles. The normalized spacial score (nSPS) is 42.5. The highest BCUT2D eigenvalue weighted by Crippen LogP contribution is 2.59. The van der Waals surface area contributed by atoms with Crippen LogP contribution >= 0.6 is 0 Å². The Balaban J connectivity index is 2.51. The fourth-order valence-electron chi connectivity index (χ4n) is 3.04. The molecule has 13 heavy (non-hydrogen) atoms. The maximum atomic E-state index is 11.8. The summed E-state index contributed by atoms with van der Waals surface area (Å²) in [5.41, 5.74) is -0.342. The third kappa shape index (κ3) is 0.839. The minimum absolute atomic E-state index is 0.112. The summed E-state index contributed by atoms with van der Waals surface area (Å²) in [4.78, 5) is 23.4. The van der Waals surface area contributed by atoms with Crippen LogP contribution in [0.25, 0.3) is 0 Å². The number of carbonyl (C=O) groups is 2. The first kappa shape index (κ1) is 8.92. The zero-order valence-corrected chi connectivity index (χ0v) is 8.52. The molecule has 0 aromatic rings. The molecule has 2 heteroatoms. The average molecular weight is 180 g/mol. The van der Waals surface area contributed by atoms with Crippen LogP contribution in [0, 0.1) is 16.7 Å². The Hall–Kier alpha value is -0.660. The molecule has 0 unspecified atom stereocenters. The van der Waals surface area contributed by atoms with E-state index < -0.39 is 0 Å². The van der Waals surface area contributed by atoms with E-state index in [1.165, 1.54) is 0 Å². The molecular formula is C11H16O2. The van der Waals surface area contributed by atoms with E-state index in [2.05, 4.69) is 13.8 Å². The number of hydrogen-bond donors (Lipinski definition) is 0. The van der Waals surface area contributed by atoms with E-state index in [4.69, 9.17) is 0 Å². The monoisotopic (exact) mass is 180 g/mol. The summed E-state index contributed by atoms with van der Waals surface area (Å²) >= 11 is 0. The van der Waals surface area contributed by atoms with E-state index in [0.29, 0.717) is 0 Å². The SMILES string of the molecule is CC1(C)[C@@H]2CC[C@]1(C)C(=O)CC2=O. The molecule has 2 bridgehead atoms. The Labute approximate surface area is 78.7 Å². The van der Waals surface area contributed by atoms with Crippen LogP contribution in [-0.2, 0) is 9.59 Å². The second-order valence-electron chi connectivity index (χ2n) is 5.21. The number of fused-ring (bicyclic) bond motifs is 2. The molecule has 2 rings (SSSR count). The average Bonchev–Trinajstić information content (AvgIpc) is 2.16. The van der Waals surface area contributed by atoms with Crippen LogP contribution in [0.2, 0.25) is 0 Å². The van der Waals surface area contributed by atoms with Crippen molar-refractivity contribution in [2.75, 3.05) is 0 Å². The van der Waals surface area contributed by atoms with Crippen LogP contribution in [0.5, 0.6) is 0 Å². The Morgan fingerprint density at radius 1 is 1.23 bits per heavy atom. The zero-order chi connectivity index (χ0) is 9.85. The van der Waals surface area contributed by atoms with Crippen molar-refractivity contribution in [1.29, 1.82) is 0 Å². The van der Waals surface area contributed by atoms with Crippen LogP contribution in [0.3, 0.4) is 0 Å². The quantitative estimate of drug-likeness (QED) is 0.534. The Morgan fingerprint density at radius 3 is 2.46 bits per heavy atom. The molecule has 0 aromatic heterocycles. The lowest BCUT2D eigenvalue weighted by atomic mass is 9.58. The molecule has 2 saturated carbocycles. The second kappa shape index (κ2) is 2.23. The van der Waals surface area contributed by atoms with Crippen LogP contribution in [0.15, 0.2) is 0 Å². The molecule has 0 heterocycles. The fourth-order valence-corrected chi connectivity index (χ4v) is 3.04. The summed E-state index contributed by atoms with van der Waals surface area (Å²) in [5, 5.41) is 0. The third-order valence-electron chi connectivity index (χ3n) is 4.57. The van der Waals surface area contributed by atoms with Crippen molar-refractivity contribution in [3.05, 3.63) is 0 Å². The molecule has 0 N–H and O–H groups in total. The van der Waals surface area contributed by atoms with E-state index in [1.807, 2.05) is 6.92 Å².